The van der Waals surface area contributed by atoms with Gasteiger partial charge in [0.15, 0.2) is 0 Å². The average Bonchev–Trinajstić information content (AvgIpc) is 3.29. The van der Waals surface area contributed by atoms with Crippen LogP contribution in [0.2, 0.25) is 0 Å². The molecule has 3 aromatic carbocycles. The van der Waals surface area contributed by atoms with E-state index in [1.165, 1.54) is 12.1 Å². The first kappa shape index (κ1) is 22.5. The molecule has 0 spiro atoms. The van der Waals surface area contributed by atoms with E-state index in [9.17, 15) is 14.0 Å². The lowest BCUT2D eigenvalue weighted by Gasteiger charge is -2.19. The van der Waals surface area contributed by atoms with Crippen LogP contribution in [0.1, 0.15) is 33.0 Å². The normalized spacial score (nSPS) is 17.6. The molecule has 170 valence electrons. The summed E-state index contributed by atoms with van der Waals surface area (Å²) in [6, 6.07) is 21.2. The maximum absolute atomic E-state index is 13.3. The summed E-state index contributed by atoms with van der Waals surface area (Å²) >= 11 is 0. The van der Waals surface area contributed by atoms with Crippen molar-refractivity contribution in [2.24, 2.45) is 5.92 Å². The number of nitrogens with one attached hydrogen (secondary N) is 1. The minimum Gasteiger partial charge on any atom is -0.497 e. The quantitative estimate of drug-likeness (QED) is 0.614. The summed E-state index contributed by atoms with van der Waals surface area (Å²) < 4.78 is 18.6. The number of amides is 2. The Morgan fingerprint density at radius 1 is 1.03 bits per heavy atom. The van der Waals surface area contributed by atoms with Crippen molar-refractivity contribution >= 4 is 11.8 Å². The number of methoxy groups -OCH3 is 1. The van der Waals surface area contributed by atoms with Crippen molar-refractivity contribution in [1.29, 1.82) is 0 Å². The van der Waals surface area contributed by atoms with Crippen LogP contribution in [0.5, 0.6) is 5.75 Å². The van der Waals surface area contributed by atoms with Crippen LogP contribution in [0.15, 0.2) is 72.8 Å². The molecule has 3 aromatic rings. The SMILES string of the molecule is COc1cccc(C2CN(C(=O)c3ccccc3C)CC2C(=O)NCc2ccc(F)cc2)c1. The Hall–Kier alpha value is -3.67. The summed E-state index contributed by atoms with van der Waals surface area (Å²) in [5.74, 6) is -0.389. The molecule has 0 saturated carbocycles. The van der Waals surface area contributed by atoms with Crippen molar-refractivity contribution in [3.63, 3.8) is 0 Å². The summed E-state index contributed by atoms with van der Waals surface area (Å²) in [5, 5.41) is 2.97. The van der Waals surface area contributed by atoms with Crippen molar-refractivity contribution in [1.82, 2.24) is 10.2 Å². The highest BCUT2D eigenvalue weighted by Crippen LogP contribution is 2.35. The molecule has 4 rings (SSSR count). The number of carbonyl (C=O) groups is 2. The van der Waals surface area contributed by atoms with Crippen LogP contribution in [-0.4, -0.2) is 36.9 Å². The number of ether oxygens (including phenoxy) is 1. The minimum absolute atomic E-state index is 0.0742. The number of hydrogen-bond donors (Lipinski definition) is 1. The number of benzene rings is 3. The predicted octanol–water partition coefficient (Wildman–Crippen LogP) is 4.31. The number of likely N-dealkylation sites (tertiary alicyclic amines) is 1. The zero-order valence-corrected chi connectivity index (χ0v) is 18.8. The Bertz CT molecular complexity index is 1150. The standard InChI is InChI=1S/C27H27FN2O3/c1-18-6-3-4-9-23(18)27(32)30-16-24(20-7-5-8-22(14-20)33-2)25(17-30)26(31)29-15-19-10-12-21(28)13-11-19/h3-14,24-25H,15-17H2,1-2H3,(H,29,31). The lowest BCUT2D eigenvalue weighted by molar-refractivity contribution is -0.125. The first-order valence-electron chi connectivity index (χ1n) is 11.0. The van der Waals surface area contributed by atoms with Gasteiger partial charge in [-0.3, -0.25) is 9.59 Å². The van der Waals surface area contributed by atoms with Gasteiger partial charge in [-0.2, -0.15) is 0 Å². The lowest BCUT2D eigenvalue weighted by atomic mass is 9.88. The van der Waals surface area contributed by atoms with Gasteiger partial charge in [-0.05, 0) is 53.9 Å². The van der Waals surface area contributed by atoms with Gasteiger partial charge in [0, 0.05) is 31.1 Å². The summed E-state index contributed by atoms with van der Waals surface area (Å²) in [7, 11) is 1.61. The maximum atomic E-state index is 13.3. The fourth-order valence-corrected chi connectivity index (χ4v) is 4.35. The average molecular weight is 447 g/mol. The van der Waals surface area contributed by atoms with Gasteiger partial charge in [-0.25, -0.2) is 4.39 Å². The molecule has 0 radical (unpaired) electrons. The molecule has 1 heterocycles. The molecule has 6 heteroatoms. The van der Waals surface area contributed by atoms with Crippen LogP contribution in [0.4, 0.5) is 4.39 Å². The van der Waals surface area contributed by atoms with Gasteiger partial charge in [-0.1, -0.05) is 42.5 Å². The number of hydrogen-bond acceptors (Lipinski definition) is 3. The summed E-state index contributed by atoms with van der Waals surface area (Å²) in [5.41, 5.74) is 3.32. The lowest BCUT2D eigenvalue weighted by Crippen LogP contribution is -2.35. The Morgan fingerprint density at radius 2 is 1.79 bits per heavy atom. The van der Waals surface area contributed by atoms with Gasteiger partial charge in [0.05, 0.1) is 13.0 Å². The molecule has 1 saturated heterocycles. The number of aryl methyl sites for hydroxylation is 1. The highest BCUT2D eigenvalue weighted by Gasteiger charge is 2.40. The highest BCUT2D eigenvalue weighted by atomic mass is 19.1. The Morgan fingerprint density at radius 3 is 2.52 bits per heavy atom. The van der Waals surface area contributed by atoms with Gasteiger partial charge < -0.3 is 15.0 Å². The molecule has 0 aromatic heterocycles. The fourth-order valence-electron chi connectivity index (χ4n) is 4.35. The Kier molecular flexibility index (Phi) is 6.73. The first-order chi connectivity index (χ1) is 16.0. The molecule has 0 aliphatic carbocycles. The third-order valence-electron chi connectivity index (χ3n) is 6.22. The smallest absolute Gasteiger partial charge is 0.254 e. The van der Waals surface area contributed by atoms with E-state index in [2.05, 4.69) is 5.32 Å². The van der Waals surface area contributed by atoms with Gasteiger partial charge >= 0.3 is 0 Å². The summed E-state index contributed by atoms with van der Waals surface area (Å²) in [6.07, 6.45) is 0. The molecule has 1 aliphatic rings. The molecule has 1 N–H and O–H groups in total. The molecule has 2 unspecified atom stereocenters. The van der Waals surface area contributed by atoms with Gasteiger partial charge in [0.2, 0.25) is 5.91 Å². The van der Waals surface area contributed by atoms with Crippen molar-refractivity contribution in [2.45, 2.75) is 19.4 Å². The molecule has 1 aliphatic heterocycles. The zero-order valence-electron chi connectivity index (χ0n) is 18.8. The largest absolute Gasteiger partial charge is 0.497 e. The van der Waals surface area contributed by atoms with E-state index in [0.717, 1.165) is 16.7 Å². The molecule has 33 heavy (non-hydrogen) atoms. The number of carbonyl (C=O) groups excluding carboxylic acids is 2. The minimum atomic E-state index is -0.412. The van der Waals surface area contributed by atoms with Crippen LogP contribution in [0, 0.1) is 18.7 Å². The maximum Gasteiger partial charge on any atom is 0.254 e. The number of halogens is 1. The van der Waals surface area contributed by atoms with E-state index in [0.29, 0.717) is 30.9 Å². The molecule has 2 atom stereocenters. The topological polar surface area (TPSA) is 58.6 Å². The monoisotopic (exact) mass is 446 g/mol. The van der Waals surface area contributed by atoms with Crippen molar-refractivity contribution in [3.05, 3.63) is 101 Å². The molecule has 2 amide bonds. The van der Waals surface area contributed by atoms with E-state index in [-0.39, 0.29) is 23.5 Å². The molecule has 0 bridgehead atoms. The Labute approximate surface area is 193 Å². The van der Waals surface area contributed by atoms with Crippen molar-refractivity contribution in [2.75, 3.05) is 20.2 Å². The van der Waals surface area contributed by atoms with E-state index >= 15 is 0 Å². The molecule has 1 fully saturated rings. The highest BCUT2D eigenvalue weighted by molar-refractivity contribution is 5.96. The second-order valence-electron chi connectivity index (χ2n) is 8.36. The van der Waals surface area contributed by atoms with Gasteiger partial charge in [0.1, 0.15) is 11.6 Å². The van der Waals surface area contributed by atoms with E-state index < -0.39 is 5.92 Å². The van der Waals surface area contributed by atoms with E-state index in [4.69, 9.17) is 4.74 Å². The Balaban J connectivity index is 1.57. The van der Waals surface area contributed by atoms with Crippen LogP contribution >= 0.6 is 0 Å². The molecular formula is C27H27FN2O3. The predicted molar refractivity (Wildman–Crippen MR) is 125 cm³/mol. The van der Waals surface area contributed by atoms with E-state index in [1.807, 2.05) is 55.5 Å². The summed E-state index contributed by atoms with van der Waals surface area (Å²) in [4.78, 5) is 28.3. The number of rotatable bonds is 6. The zero-order chi connectivity index (χ0) is 23.4. The van der Waals surface area contributed by atoms with Gasteiger partial charge in [-0.15, -0.1) is 0 Å². The van der Waals surface area contributed by atoms with E-state index in [1.54, 1.807) is 24.1 Å². The third-order valence-corrected chi connectivity index (χ3v) is 6.22. The fraction of sp³-hybridized carbons (Fsp3) is 0.259. The first-order valence-corrected chi connectivity index (χ1v) is 11.0. The third kappa shape index (κ3) is 5.06. The molecule has 5 nitrogen and oxygen atoms in total. The van der Waals surface area contributed by atoms with Crippen LogP contribution in [0.25, 0.3) is 0 Å². The van der Waals surface area contributed by atoms with Crippen LogP contribution < -0.4 is 10.1 Å². The van der Waals surface area contributed by atoms with Crippen LogP contribution in [0.3, 0.4) is 0 Å². The van der Waals surface area contributed by atoms with Crippen LogP contribution in [-0.2, 0) is 11.3 Å². The van der Waals surface area contributed by atoms with Crippen molar-refractivity contribution < 1.29 is 18.7 Å². The second kappa shape index (κ2) is 9.86. The second-order valence-corrected chi connectivity index (χ2v) is 8.36. The summed E-state index contributed by atoms with van der Waals surface area (Å²) in [6.45, 7) is 2.97. The molecular weight excluding hydrogens is 419 g/mol. The number of nitrogens with zero attached hydrogens (tertiary/aromatic N) is 1. The van der Waals surface area contributed by atoms with Gasteiger partial charge in [0.25, 0.3) is 5.91 Å². The van der Waals surface area contributed by atoms with Crippen molar-refractivity contribution in [3.8, 4) is 5.75 Å².